The van der Waals surface area contributed by atoms with Crippen LogP contribution in [0, 0.1) is 0 Å². The molecule has 0 saturated heterocycles. The third kappa shape index (κ3) is 2.87. The molecule has 0 atom stereocenters. The molecule has 76 valence electrons. The molecule has 0 unspecified atom stereocenters. The predicted molar refractivity (Wildman–Crippen MR) is 69.7 cm³/mol. The zero-order valence-electron chi connectivity index (χ0n) is 7.64. The molecular weight excluding hydrogens is 292 g/mol. The summed E-state index contributed by atoms with van der Waals surface area (Å²) < 4.78 is 0.959. The largest absolute Gasteiger partial charge is 0.288 e. The zero-order valence-corrected chi connectivity index (χ0v) is 10.9. The number of ketones is 1. The molecule has 0 bridgehead atoms. The summed E-state index contributed by atoms with van der Waals surface area (Å²) in [6.07, 6.45) is 3.46. The van der Waals surface area contributed by atoms with Crippen molar-refractivity contribution in [2.45, 2.75) is 0 Å². The highest BCUT2D eigenvalue weighted by atomic mass is 79.9. The van der Waals surface area contributed by atoms with Crippen LogP contribution in [0.5, 0.6) is 0 Å². The van der Waals surface area contributed by atoms with Crippen molar-refractivity contribution in [1.82, 2.24) is 0 Å². The summed E-state index contributed by atoms with van der Waals surface area (Å²) in [5.41, 5.74) is 0. The van der Waals surface area contributed by atoms with Gasteiger partial charge in [-0.1, -0.05) is 6.07 Å². The lowest BCUT2D eigenvalue weighted by Gasteiger charge is -1.87. The van der Waals surface area contributed by atoms with Gasteiger partial charge in [0.1, 0.15) is 0 Å². The minimum absolute atomic E-state index is 0.0547. The second-order valence-electron chi connectivity index (χ2n) is 2.84. The molecule has 2 aromatic rings. The van der Waals surface area contributed by atoms with Crippen LogP contribution in [0.25, 0.3) is 6.08 Å². The smallest absolute Gasteiger partial charge is 0.195 e. The first-order chi connectivity index (χ1) is 7.25. The number of halogens is 1. The Morgan fingerprint density at radius 2 is 2.27 bits per heavy atom. The number of hydrogen-bond acceptors (Lipinski definition) is 3. The van der Waals surface area contributed by atoms with Crippen LogP contribution in [0.2, 0.25) is 0 Å². The zero-order chi connectivity index (χ0) is 10.7. The topological polar surface area (TPSA) is 17.1 Å². The Kier molecular flexibility index (Phi) is 3.51. The molecule has 1 nitrogen and oxygen atoms in total. The summed E-state index contributed by atoms with van der Waals surface area (Å²) in [4.78, 5) is 13.5. The highest BCUT2D eigenvalue weighted by Gasteiger charge is 2.04. The van der Waals surface area contributed by atoms with Crippen LogP contribution >= 0.6 is 38.6 Å². The summed E-state index contributed by atoms with van der Waals surface area (Å²) >= 11 is 6.40. The van der Waals surface area contributed by atoms with Crippen LogP contribution in [0.3, 0.4) is 0 Å². The summed E-state index contributed by atoms with van der Waals surface area (Å²) in [6, 6.07) is 5.79. The van der Waals surface area contributed by atoms with E-state index in [-0.39, 0.29) is 5.78 Å². The van der Waals surface area contributed by atoms with Gasteiger partial charge in [0, 0.05) is 14.7 Å². The summed E-state index contributed by atoms with van der Waals surface area (Å²) in [6.45, 7) is 0. The minimum Gasteiger partial charge on any atom is -0.288 e. The Bertz CT molecular complexity index is 482. The molecule has 0 amide bonds. The van der Waals surface area contributed by atoms with Crippen molar-refractivity contribution < 1.29 is 4.79 Å². The molecule has 0 N–H and O–H groups in total. The van der Waals surface area contributed by atoms with Crippen LogP contribution in [-0.2, 0) is 0 Å². The monoisotopic (exact) mass is 298 g/mol. The van der Waals surface area contributed by atoms with Gasteiger partial charge in [0.25, 0.3) is 0 Å². The number of carbonyl (C=O) groups is 1. The molecule has 2 rings (SSSR count). The number of carbonyl (C=O) groups excluding carboxylic acids is 1. The average Bonchev–Trinajstić information content (AvgIpc) is 2.84. The van der Waals surface area contributed by atoms with E-state index < -0.39 is 0 Å². The molecular formula is C11H7BrOS2. The van der Waals surface area contributed by atoms with Crippen LogP contribution < -0.4 is 0 Å². The van der Waals surface area contributed by atoms with E-state index in [0.29, 0.717) is 0 Å². The van der Waals surface area contributed by atoms with Crippen molar-refractivity contribution in [2.75, 3.05) is 0 Å². The minimum atomic E-state index is 0.0547. The number of thiophene rings is 2. The first-order valence-electron chi connectivity index (χ1n) is 4.25. The number of allylic oxidation sites excluding steroid dienone is 1. The summed E-state index contributed by atoms with van der Waals surface area (Å²) in [7, 11) is 0. The molecule has 0 aromatic carbocycles. The Morgan fingerprint density at radius 1 is 1.40 bits per heavy atom. The highest BCUT2D eigenvalue weighted by molar-refractivity contribution is 9.10. The Hall–Kier alpha value is -0.710. The molecule has 0 aliphatic heterocycles. The van der Waals surface area contributed by atoms with E-state index in [0.717, 1.165) is 14.2 Å². The summed E-state index contributed by atoms with van der Waals surface area (Å²) in [5, 5.41) is 3.90. The van der Waals surface area contributed by atoms with Gasteiger partial charge < -0.3 is 0 Å². The Labute approximate surface area is 104 Å². The lowest BCUT2D eigenvalue weighted by molar-refractivity contribution is 0.105. The van der Waals surface area contributed by atoms with Crippen LogP contribution in [0.15, 0.2) is 39.5 Å². The van der Waals surface area contributed by atoms with E-state index in [2.05, 4.69) is 15.9 Å². The third-order valence-corrected chi connectivity index (χ3v) is 4.30. The van der Waals surface area contributed by atoms with Gasteiger partial charge in [0.2, 0.25) is 0 Å². The van der Waals surface area contributed by atoms with Crippen LogP contribution in [0.1, 0.15) is 14.5 Å². The highest BCUT2D eigenvalue weighted by Crippen LogP contribution is 2.21. The van der Waals surface area contributed by atoms with Gasteiger partial charge in [0.15, 0.2) is 5.78 Å². The van der Waals surface area contributed by atoms with Gasteiger partial charge in [0.05, 0.1) is 4.88 Å². The molecule has 0 spiro atoms. The molecule has 0 aliphatic rings. The Morgan fingerprint density at radius 3 is 2.87 bits per heavy atom. The lowest BCUT2D eigenvalue weighted by atomic mass is 10.3. The SMILES string of the molecule is O=C(/C=C/c1cccs1)c1cc(Br)cs1. The van der Waals surface area contributed by atoms with Crippen molar-refractivity contribution in [3.8, 4) is 0 Å². The van der Waals surface area contributed by atoms with Crippen molar-refractivity contribution >= 4 is 50.5 Å². The van der Waals surface area contributed by atoms with Crippen LogP contribution in [-0.4, -0.2) is 5.78 Å². The fourth-order valence-electron chi connectivity index (χ4n) is 1.07. The molecule has 15 heavy (non-hydrogen) atoms. The van der Waals surface area contributed by atoms with Gasteiger partial charge in [-0.05, 0) is 45.6 Å². The quantitative estimate of drug-likeness (QED) is 0.604. The molecule has 0 fully saturated rings. The first kappa shape index (κ1) is 10.8. The second-order valence-corrected chi connectivity index (χ2v) is 5.65. The predicted octanol–water partition coefficient (Wildman–Crippen LogP) is 4.47. The molecule has 2 heterocycles. The molecule has 0 radical (unpaired) electrons. The van der Waals surface area contributed by atoms with Gasteiger partial charge in [-0.2, -0.15) is 0 Å². The van der Waals surface area contributed by atoms with E-state index in [9.17, 15) is 4.79 Å². The fourth-order valence-corrected chi connectivity index (χ4v) is 3.03. The fraction of sp³-hybridized carbons (Fsp3) is 0. The third-order valence-electron chi connectivity index (χ3n) is 1.75. The maximum atomic E-state index is 11.7. The van der Waals surface area contributed by atoms with Crippen molar-refractivity contribution in [3.63, 3.8) is 0 Å². The van der Waals surface area contributed by atoms with E-state index in [1.807, 2.05) is 35.0 Å². The van der Waals surface area contributed by atoms with Gasteiger partial charge >= 0.3 is 0 Å². The van der Waals surface area contributed by atoms with E-state index >= 15 is 0 Å². The number of rotatable bonds is 3. The van der Waals surface area contributed by atoms with E-state index in [4.69, 9.17) is 0 Å². The lowest BCUT2D eigenvalue weighted by Crippen LogP contribution is -1.87. The van der Waals surface area contributed by atoms with Crippen molar-refractivity contribution in [2.24, 2.45) is 0 Å². The average molecular weight is 299 g/mol. The van der Waals surface area contributed by atoms with Gasteiger partial charge in [-0.15, -0.1) is 22.7 Å². The van der Waals surface area contributed by atoms with Crippen molar-refractivity contribution in [3.05, 3.63) is 49.3 Å². The van der Waals surface area contributed by atoms with Gasteiger partial charge in [-0.25, -0.2) is 0 Å². The van der Waals surface area contributed by atoms with Crippen LogP contribution in [0.4, 0.5) is 0 Å². The number of hydrogen-bond donors (Lipinski definition) is 0. The summed E-state index contributed by atoms with van der Waals surface area (Å²) in [5.74, 6) is 0.0547. The molecule has 2 aromatic heterocycles. The van der Waals surface area contributed by atoms with E-state index in [1.54, 1.807) is 17.4 Å². The van der Waals surface area contributed by atoms with E-state index in [1.165, 1.54) is 11.3 Å². The first-order valence-corrected chi connectivity index (χ1v) is 6.81. The van der Waals surface area contributed by atoms with Gasteiger partial charge in [-0.3, -0.25) is 4.79 Å². The standard InChI is InChI=1S/C11H7BrOS2/c12-8-6-11(15-7-8)10(13)4-3-9-2-1-5-14-9/h1-7H/b4-3+. The maximum Gasteiger partial charge on any atom is 0.195 e. The van der Waals surface area contributed by atoms with Crippen molar-refractivity contribution in [1.29, 1.82) is 0 Å². The maximum absolute atomic E-state index is 11.7. The Balaban J connectivity index is 2.10. The molecule has 0 saturated carbocycles. The molecule has 4 heteroatoms. The molecule has 0 aliphatic carbocycles. The second kappa shape index (κ2) is 4.88. The normalized spacial score (nSPS) is 11.0.